The molecule has 2 rings (SSSR count). The smallest absolute Gasteiger partial charge is 0.312 e. The van der Waals surface area contributed by atoms with Crippen LogP contribution in [0.3, 0.4) is 0 Å². The highest BCUT2D eigenvalue weighted by Crippen LogP contribution is 2.14. The summed E-state index contributed by atoms with van der Waals surface area (Å²) in [5.41, 5.74) is 6.71. The molecule has 3 amide bonds. The van der Waals surface area contributed by atoms with E-state index in [2.05, 4.69) is 15.6 Å². The largest absolute Gasteiger partial charge is 0.487 e. The second-order valence-electron chi connectivity index (χ2n) is 5.21. The molecule has 1 heterocycles. The number of rotatable bonds is 7. The van der Waals surface area contributed by atoms with Gasteiger partial charge in [0, 0.05) is 12.7 Å². The summed E-state index contributed by atoms with van der Waals surface area (Å²) < 4.78 is 5.69. The molecule has 0 saturated carbocycles. The molecule has 0 aliphatic heterocycles. The molecule has 1 aromatic carbocycles. The predicted octanol–water partition coefficient (Wildman–Crippen LogP) is 1.33. The van der Waals surface area contributed by atoms with Crippen molar-refractivity contribution in [1.82, 2.24) is 15.6 Å². The van der Waals surface area contributed by atoms with Crippen LogP contribution < -0.4 is 21.1 Å². The van der Waals surface area contributed by atoms with E-state index in [9.17, 15) is 9.59 Å². The first-order valence-electron chi connectivity index (χ1n) is 7.50. The number of benzene rings is 1. The minimum atomic E-state index is -0.734. The molecule has 2 aromatic rings. The third-order valence-corrected chi connectivity index (χ3v) is 3.23. The molecule has 4 N–H and O–H groups in total. The van der Waals surface area contributed by atoms with Crippen molar-refractivity contribution >= 4 is 11.9 Å². The third kappa shape index (κ3) is 5.60. The Morgan fingerprint density at radius 1 is 1.25 bits per heavy atom. The zero-order valence-corrected chi connectivity index (χ0v) is 13.4. The predicted molar refractivity (Wildman–Crippen MR) is 89.0 cm³/mol. The number of aromatic nitrogens is 1. The zero-order valence-electron chi connectivity index (χ0n) is 13.4. The third-order valence-electron chi connectivity index (χ3n) is 3.23. The molecule has 0 bridgehead atoms. The average Bonchev–Trinajstić information content (AvgIpc) is 2.58. The van der Waals surface area contributed by atoms with Crippen molar-refractivity contribution in [3.8, 4) is 5.75 Å². The molecule has 1 atom stereocenters. The zero-order chi connectivity index (χ0) is 17.4. The number of hydrogen-bond acceptors (Lipinski definition) is 4. The summed E-state index contributed by atoms with van der Waals surface area (Å²) in [7, 11) is 0. The van der Waals surface area contributed by atoms with E-state index >= 15 is 0 Å². The number of primary amides is 1. The number of hydrogen-bond donors (Lipinski definition) is 3. The van der Waals surface area contributed by atoms with Gasteiger partial charge in [-0.3, -0.25) is 9.78 Å². The first kappa shape index (κ1) is 17.3. The molecule has 24 heavy (non-hydrogen) atoms. The summed E-state index contributed by atoms with van der Waals surface area (Å²) >= 11 is 0. The highest BCUT2D eigenvalue weighted by molar-refractivity contribution is 5.86. The summed E-state index contributed by atoms with van der Waals surface area (Å²) in [6, 6.07) is 11.6. The molecular formula is C17H20N4O3. The SMILES string of the molecule is C[C@H](NC(N)=O)C(=O)NCc1cccc(OCc2ccccn2)c1. The van der Waals surface area contributed by atoms with E-state index in [0.29, 0.717) is 18.9 Å². The molecule has 7 heteroatoms. The van der Waals surface area contributed by atoms with Crippen LogP contribution in [0.5, 0.6) is 5.75 Å². The molecular weight excluding hydrogens is 308 g/mol. The van der Waals surface area contributed by atoms with Gasteiger partial charge in [-0.2, -0.15) is 0 Å². The number of ether oxygens (including phenoxy) is 1. The molecule has 0 unspecified atom stereocenters. The fourth-order valence-corrected chi connectivity index (χ4v) is 2.01. The number of carbonyl (C=O) groups excluding carboxylic acids is 2. The van der Waals surface area contributed by atoms with Gasteiger partial charge in [-0.05, 0) is 36.8 Å². The van der Waals surface area contributed by atoms with Crippen molar-refractivity contribution < 1.29 is 14.3 Å². The minimum absolute atomic E-state index is 0.311. The van der Waals surface area contributed by atoms with E-state index in [-0.39, 0.29) is 5.91 Å². The summed E-state index contributed by atoms with van der Waals surface area (Å²) in [6.07, 6.45) is 1.71. The van der Waals surface area contributed by atoms with Crippen LogP contribution in [-0.4, -0.2) is 23.0 Å². The van der Waals surface area contributed by atoms with Crippen LogP contribution >= 0.6 is 0 Å². The van der Waals surface area contributed by atoms with Gasteiger partial charge in [0.2, 0.25) is 5.91 Å². The van der Waals surface area contributed by atoms with Crippen molar-refractivity contribution in [2.75, 3.05) is 0 Å². The summed E-state index contributed by atoms with van der Waals surface area (Å²) in [4.78, 5) is 26.8. The second kappa shape index (κ2) is 8.52. The molecule has 0 fully saturated rings. The quantitative estimate of drug-likeness (QED) is 0.713. The number of amides is 3. The Kier molecular flexibility index (Phi) is 6.13. The van der Waals surface area contributed by atoms with Crippen LogP contribution in [0.1, 0.15) is 18.2 Å². The summed E-state index contributed by atoms with van der Waals surface area (Å²) in [5.74, 6) is 0.379. The van der Waals surface area contributed by atoms with Gasteiger partial charge in [-0.1, -0.05) is 18.2 Å². The topological polar surface area (TPSA) is 106 Å². The van der Waals surface area contributed by atoms with Gasteiger partial charge in [0.1, 0.15) is 18.4 Å². The van der Waals surface area contributed by atoms with Crippen LogP contribution in [0.15, 0.2) is 48.7 Å². The van der Waals surface area contributed by atoms with Crippen molar-refractivity contribution in [1.29, 1.82) is 0 Å². The molecule has 0 saturated heterocycles. The van der Waals surface area contributed by atoms with E-state index in [0.717, 1.165) is 11.3 Å². The first-order chi connectivity index (χ1) is 11.5. The normalized spacial score (nSPS) is 11.4. The van der Waals surface area contributed by atoms with Crippen molar-refractivity contribution in [2.24, 2.45) is 5.73 Å². The number of urea groups is 1. The number of nitrogens with one attached hydrogen (secondary N) is 2. The fraction of sp³-hybridized carbons (Fsp3) is 0.235. The standard InChI is InChI=1S/C17H20N4O3/c1-12(21-17(18)23)16(22)20-10-13-5-4-7-15(9-13)24-11-14-6-2-3-8-19-14/h2-9,12H,10-11H2,1H3,(H,20,22)(H3,18,21,23)/t12-/m0/s1. The van der Waals surface area contributed by atoms with Gasteiger partial charge in [-0.25, -0.2) is 4.79 Å². The maximum Gasteiger partial charge on any atom is 0.312 e. The highest BCUT2D eigenvalue weighted by atomic mass is 16.5. The van der Waals surface area contributed by atoms with Crippen LogP contribution in [-0.2, 0) is 17.9 Å². The van der Waals surface area contributed by atoms with Gasteiger partial charge in [0.15, 0.2) is 0 Å². The van der Waals surface area contributed by atoms with E-state index in [1.807, 2.05) is 42.5 Å². The molecule has 126 valence electrons. The Hall–Kier alpha value is -3.09. The molecule has 7 nitrogen and oxygen atoms in total. The van der Waals surface area contributed by atoms with Crippen molar-refractivity contribution in [3.63, 3.8) is 0 Å². The Morgan fingerprint density at radius 2 is 2.08 bits per heavy atom. The van der Waals surface area contributed by atoms with E-state index in [4.69, 9.17) is 10.5 Å². The Balaban J connectivity index is 1.86. The van der Waals surface area contributed by atoms with Gasteiger partial charge in [0.05, 0.1) is 5.69 Å². The van der Waals surface area contributed by atoms with E-state index in [1.165, 1.54) is 0 Å². The van der Waals surface area contributed by atoms with Crippen LogP contribution in [0.25, 0.3) is 0 Å². The fourth-order valence-electron chi connectivity index (χ4n) is 2.01. The Bertz CT molecular complexity index is 691. The number of nitrogens with zero attached hydrogens (tertiary/aromatic N) is 1. The second-order valence-corrected chi connectivity index (χ2v) is 5.21. The Morgan fingerprint density at radius 3 is 2.79 bits per heavy atom. The lowest BCUT2D eigenvalue weighted by Crippen LogP contribution is -2.46. The van der Waals surface area contributed by atoms with Gasteiger partial charge >= 0.3 is 6.03 Å². The maximum absolute atomic E-state index is 11.8. The van der Waals surface area contributed by atoms with Crippen molar-refractivity contribution in [2.45, 2.75) is 26.1 Å². The molecule has 1 aromatic heterocycles. The lowest BCUT2D eigenvalue weighted by Gasteiger charge is -2.13. The maximum atomic E-state index is 11.8. The molecule has 0 spiro atoms. The van der Waals surface area contributed by atoms with E-state index in [1.54, 1.807) is 13.1 Å². The highest BCUT2D eigenvalue weighted by Gasteiger charge is 2.13. The summed E-state index contributed by atoms with van der Waals surface area (Å²) in [6.45, 7) is 2.26. The molecule has 0 aliphatic carbocycles. The van der Waals surface area contributed by atoms with Gasteiger partial charge in [0.25, 0.3) is 0 Å². The van der Waals surface area contributed by atoms with Crippen LogP contribution in [0, 0.1) is 0 Å². The summed E-state index contributed by atoms with van der Waals surface area (Å²) in [5, 5.41) is 5.05. The molecule has 0 radical (unpaired) electrons. The van der Waals surface area contributed by atoms with Crippen LogP contribution in [0.2, 0.25) is 0 Å². The first-order valence-corrected chi connectivity index (χ1v) is 7.50. The number of nitrogens with two attached hydrogens (primary N) is 1. The lowest BCUT2D eigenvalue weighted by atomic mass is 10.2. The monoisotopic (exact) mass is 328 g/mol. The van der Waals surface area contributed by atoms with Gasteiger partial charge < -0.3 is 21.1 Å². The number of carbonyl (C=O) groups is 2. The molecule has 0 aliphatic rings. The van der Waals surface area contributed by atoms with E-state index < -0.39 is 12.1 Å². The lowest BCUT2D eigenvalue weighted by molar-refractivity contribution is -0.122. The minimum Gasteiger partial charge on any atom is -0.487 e. The van der Waals surface area contributed by atoms with Crippen molar-refractivity contribution in [3.05, 3.63) is 59.9 Å². The average molecular weight is 328 g/mol. The Labute approximate surface area is 140 Å². The van der Waals surface area contributed by atoms with Crippen LogP contribution in [0.4, 0.5) is 4.79 Å². The number of pyridine rings is 1. The van der Waals surface area contributed by atoms with Gasteiger partial charge in [-0.15, -0.1) is 0 Å².